The molecule has 0 saturated carbocycles. The number of nitrogens with two attached hydrogens (primary N) is 2. The molecular weight excluding hydrogens is 180 g/mol. The molecule has 0 atom stereocenters. The van der Waals surface area contributed by atoms with Gasteiger partial charge >= 0.3 is 5.97 Å². The maximum absolute atomic E-state index is 9.70. The molecule has 0 aliphatic rings. The Kier molecular flexibility index (Phi) is 14.0. The normalized spacial score (nSPS) is 9.50. The predicted octanol–water partition coefficient (Wildman–Crippen LogP) is 1.19. The third kappa shape index (κ3) is 17.5. The molecule has 0 radical (unpaired) electrons. The van der Waals surface area contributed by atoms with Gasteiger partial charge in [-0.05, 0) is 25.9 Å². The average Bonchev–Trinajstić information content (AvgIpc) is 2.13. The molecule has 4 heteroatoms. The number of rotatable bonds is 6. The zero-order valence-corrected chi connectivity index (χ0v) is 9.33. The third-order valence-corrected chi connectivity index (χ3v) is 1.65. The summed E-state index contributed by atoms with van der Waals surface area (Å²) in [5.74, 6) is -0.972. The van der Waals surface area contributed by atoms with Gasteiger partial charge in [-0.25, -0.2) is 0 Å². The van der Waals surface area contributed by atoms with Crippen LogP contribution in [-0.4, -0.2) is 24.2 Å². The highest BCUT2D eigenvalue weighted by Gasteiger charge is 1.99. The highest BCUT2D eigenvalue weighted by Crippen LogP contribution is 1.95. The first-order valence-corrected chi connectivity index (χ1v) is 5.19. The van der Waals surface area contributed by atoms with Crippen LogP contribution in [0.5, 0.6) is 0 Å². The van der Waals surface area contributed by atoms with Crippen molar-refractivity contribution in [2.75, 3.05) is 13.1 Å². The summed E-state index contributed by atoms with van der Waals surface area (Å²) in [6.07, 6.45) is 4.79. The predicted molar refractivity (Wildman–Crippen MR) is 59.1 cm³/mol. The van der Waals surface area contributed by atoms with Gasteiger partial charge in [0, 0.05) is 0 Å². The van der Waals surface area contributed by atoms with Gasteiger partial charge in [-0.1, -0.05) is 26.7 Å². The van der Waals surface area contributed by atoms with Gasteiger partial charge in [0.25, 0.3) is 0 Å². The van der Waals surface area contributed by atoms with Crippen LogP contribution in [0.1, 0.15) is 39.5 Å². The minimum atomic E-state index is -0.741. The second kappa shape index (κ2) is 12.4. The van der Waals surface area contributed by atoms with Gasteiger partial charge in [-0.3, -0.25) is 4.79 Å². The summed E-state index contributed by atoms with van der Waals surface area (Å²) < 4.78 is 0. The molecule has 0 aliphatic carbocycles. The second-order valence-corrected chi connectivity index (χ2v) is 3.48. The van der Waals surface area contributed by atoms with Gasteiger partial charge in [0.15, 0.2) is 0 Å². The molecule has 86 valence electrons. The molecular formula is C10H24N2O2. The van der Waals surface area contributed by atoms with Crippen LogP contribution in [0.4, 0.5) is 0 Å². The van der Waals surface area contributed by atoms with E-state index in [1.165, 1.54) is 12.8 Å². The number of carboxylic acid groups (broad SMARTS) is 1. The van der Waals surface area contributed by atoms with Crippen molar-refractivity contribution in [1.29, 1.82) is 0 Å². The molecule has 0 aromatic rings. The zero-order chi connectivity index (χ0) is 11.4. The lowest BCUT2D eigenvalue weighted by molar-refractivity contribution is -0.140. The Morgan fingerprint density at radius 2 is 1.36 bits per heavy atom. The number of carboxylic acids is 1. The molecule has 14 heavy (non-hydrogen) atoms. The Morgan fingerprint density at radius 3 is 1.50 bits per heavy atom. The van der Waals surface area contributed by atoms with Gasteiger partial charge < -0.3 is 16.6 Å². The highest BCUT2D eigenvalue weighted by atomic mass is 16.4. The molecule has 5 N–H and O–H groups in total. The number of carbonyl (C=O) groups is 1. The van der Waals surface area contributed by atoms with Gasteiger partial charge in [0.1, 0.15) is 0 Å². The van der Waals surface area contributed by atoms with Crippen LogP contribution in [0.3, 0.4) is 0 Å². The minimum absolute atomic E-state index is 0.231. The largest absolute Gasteiger partial charge is 0.481 e. The van der Waals surface area contributed by atoms with Crippen molar-refractivity contribution < 1.29 is 9.90 Å². The van der Waals surface area contributed by atoms with Crippen LogP contribution in [0.2, 0.25) is 0 Å². The SMILES string of the molecule is CC(C)C(=O)O.NCCCCCCN. The van der Waals surface area contributed by atoms with Crippen LogP contribution in [0, 0.1) is 5.92 Å². The summed E-state index contributed by atoms with van der Waals surface area (Å²) in [7, 11) is 0. The highest BCUT2D eigenvalue weighted by molar-refractivity contribution is 5.68. The van der Waals surface area contributed by atoms with E-state index in [9.17, 15) is 4.79 Å². The molecule has 0 amide bonds. The minimum Gasteiger partial charge on any atom is -0.481 e. The molecule has 0 aliphatic heterocycles. The van der Waals surface area contributed by atoms with Crippen molar-refractivity contribution in [1.82, 2.24) is 0 Å². The van der Waals surface area contributed by atoms with E-state index < -0.39 is 5.97 Å². The van der Waals surface area contributed by atoms with Crippen molar-refractivity contribution >= 4 is 5.97 Å². The van der Waals surface area contributed by atoms with Gasteiger partial charge in [0.2, 0.25) is 0 Å². The molecule has 0 spiro atoms. The van der Waals surface area contributed by atoms with Crippen LogP contribution < -0.4 is 11.5 Å². The van der Waals surface area contributed by atoms with E-state index in [0.29, 0.717) is 0 Å². The van der Waals surface area contributed by atoms with Crippen molar-refractivity contribution in [3.05, 3.63) is 0 Å². The molecule has 0 aromatic carbocycles. The Balaban J connectivity index is 0. The van der Waals surface area contributed by atoms with Gasteiger partial charge in [-0.15, -0.1) is 0 Å². The number of hydrogen-bond donors (Lipinski definition) is 3. The Labute approximate surface area is 86.7 Å². The molecule has 0 heterocycles. The first kappa shape index (κ1) is 15.8. The summed E-state index contributed by atoms with van der Waals surface area (Å²) in [4.78, 5) is 9.70. The molecule has 4 nitrogen and oxygen atoms in total. The van der Waals surface area contributed by atoms with E-state index in [2.05, 4.69) is 0 Å². The van der Waals surface area contributed by atoms with Crippen molar-refractivity contribution in [2.24, 2.45) is 17.4 Å². The molecule has 0 aromatic heterocycles. The summed E-state index contributed by atoms with van der Waals surface area (Å²) in [6, 6.07) is 0. The maximum Gasteiger partial charge on any atom is 0.305 e. The molecule has 0 rings (SSSR count). The topological polar surface area (TPSA) is 89.3 Å². The summed E-state index contributed by atoms with van der Waals surface area (Å²) in [5.41, 5.74) is 10.6. The molecule has 0 saturated heterocycles. The summed E-state index contributed by atoms with van der Waals surface area (Å²) >= 11 is 0. The Morgan fingerprint density at radius 1 is 1.07 bits per heavy atom. The number of hydrogen-bond acceptors (Lipinski definition) is 3. The van der Waals surface area contributed by atoms with Gasteiger partial charge in [0.05, 0.1) is 5.92 Å². The Bertz CT molecular complexity index is 121. The fourth-order valence-corrected chi connectivity index (χ4v) is 0.642. The van der Waals surface area contributed by atoms with E-state index in [1.54, 1.807) is 13.8 Å². The fraction of sp³-hybridized carbons (Fsp3) is 0.900. The smallest absolute Gasteiger partial charge is 0.305 e. The van der Waals surface area contributed by atoms with Crippen LogP contribution in [0.25, 0.3) is 0 Å². The van der Waals surface area contributed by atoms with E-state index >= 15 is 0 Å². The maximum atomic E-state index is 9.70. The lowest BCUT2D eigenvalue weighted by Crippen LogP contribution is -2.03. The average molecular weight is 204 g/mol. The first-order chi connectivity index (χ1) is 6.56. The van der Waals surface area contributed by atoms with Crippen LogP contribution in [-0.2, 0) is 4.79 Å². The van der Waals surface area contributed by atoms with E-state index in [4.69, 9.17) is 16.6 Å². The zero-order valence-electron chi connectivity index (χ0n) is 9.33. The lowest BCUT2D eigenvalue weighted by atomic mass is 10.2. The Hall–Kier alpha value is -0.610. The van der Waals surface area contributed by atoms with Crippen molar-refractivity contribution in [3.8, 4) is 0 Å². The number of aliphatic carboxylic acids is 1. The quantitative estimate of drug-likeness (QED) is 0.567. The second-order valence-electron chi connectivity index (χ2n) is 3.48. The fourth-order valence-electron chi connectivity index (χ4n) is 0.642. The lowest BCUT2D eigenvalue weighted by Gasteiger charge is -1.94. The van der Waals surface area contributed by atoms with Crippen molar-refractivity contribution in [2.45, 2.75) is 39.5 Å². The molecule has 0 fully saturated rings. The van der Waals surface area contributed by atoms with Crippen LogP contribution >= 0.6 is 0 Å². The van der Waals surface area contributed by atoms with E-state index in [1.807, 2.05) is 0 Å². The summed E-state index contributed by atoms with van der Waals surface area (Å²) in [6.45, 7) is 4.93. The first-order valence-electron chi connectivity index (χ1n) is 5.19. The van der Waals surface area contributed by atoms with E-state index in [-0.39, 0.29) is 5.92 Å². The van der Waals surface area contributed by atoms with Crippen molar-refractivity contribution in [3.63, 3.8) is 0 Å². The standard InChI is InChI=1S/C6H16N2.C4H8O2/c7-5-3-1-2-4-6-8;1-3(2)4(5)6/h1-8H2;3H,1-2H3,(H,5,6). The number of unbranched alkanes of at least 4 members (excludes halogenated alkanes) is 3. The molecule has 0 unspecified atom stereocenters. The third-order valence-electron chi connectivity index (χ3n) is 1.65. The van der Waals surface area contributed by atoms with E-state index in [0.717, 1.165) is 25.9 Å². The monoisotopic (exact) mass is 204 g/mol. The van der Waals surface area contributed by atoms with Gasteiger partial charge in [-0.2, -0.15) is 0 Å². The molecule has 0 bridgehead atoms. The summed E-state index contributed by atoms with van der Waals surface area (Å²) in [5, 5.41) is 7.99. The van der Waals surface area contributed by atoms with Crippen LogP contribution in [0.15, 0.2) is 0 Å².